The van der Waals surface area contributed by atoms with Crippen molar-refractivity contribution in [2.45, 2.75) is 44.8 Å². The maximum atomic E-state index is 10.6. The Bertz CT molecular complexity index is 568. The number of aromatic hydroxyl groups is 1. The lowest BCUT2D eigenvalue weighted by atomic mass is 9.85. The third-order valence-electron chi connectivity index (χ3n) is 5.29. The third-order valence-corrected chi connectivity index (χ3v) is 5.29. The SMILES string of the molecule is CC(C(O)c1ccc(O)cc1)N1CCC(C2=CCCC=C2)CC1. The van der Waals surface area contributed by atoms with E-state index in [0.717, 1.165) is 18.7 Å². The van der Waals surface area contributed by atoms with Gasteiger partial charge in [0.1, 0.15) is 5.75 Å². The molecule has 0 aromatic heterocycles. The Hall–Kier alpha value is -1.58. The second-order valence-corrected chi connectivity index (χ2v) is 6.77. The van der Waals surface area contributed by atoms with Crippen LogP contribution < -0.4 is 0 Å². The molecule has 0 amide bonds. The van der Waals surface area contributed by atoms with Crippen molar-refractivity contribution in [1.82, 2.24) is 4.90 Å². The molecule has 1 fully saturated rings. The first-order valence-corrected chi connectivity index (χ1v) is 8.73. The van der Waals surface area contributed by atoms with Gasteiger partial charge in [0.15, 0.2) is 0 Å². The molecule has 2 aliphatic rings. The summed E-state index contributed by atoms with van der Waals surface area (Å²) in [6.07, 6.45) is 11.2. The maximum Gasteiger partial charge on any atom is 0.115 e. The second kappa shape index (κ2) is 7.33. The van der Waals surface area contributed by atoms with Gasteiger partial charge in [0.2, 0.25) is 0 Å². The fourth-order valence-electron chi connectivity index (χ4n) is 3.73. The van der Waals surface area contributed by atoms with Crippen LogP contribution in [0.1, 0.15) is 44.3 Å². The van der Waals surface area contributed by atoms with Crippen molar-refractivity contribution in [2.24, 2.45) is 5.92 Å². The molecule has 2 atom stereocenters. The number of hydrogen-bond acceptors (Lipinski definition) is 3. The molecule has 0 bridgehead atoms. The molecule has 1 saturated heterocycles. The normalized spacial score (nSPS) is 22.6. The van der Waals surface area contributed by atoms with Gasteiger partial charge in [-0.1, -0.05) is 30.4 Å². The van der Waals surface area contributed by atoms with E-state index < -0.39 is 6.10 Å². The van der Waals surface area contributed by atoms with Crippen LogP contribution in [0.25, 0.3) is 0 Å². The summed E-state index contributed by atoms with van der Waals surface area (Å²) in [4.78, 5) is 2.39. The highest BCUT2D eigenvalue weighted by Gasteiger charge is 2.28. The molecule has 2 N–H and O–H groups in total. The van der Waals surface area contributed by atoms with E-state index in [0.29, 0.717) is 5.92 Å². The van der Waals surface area contributed by atoms with E-state index >= 15 is 0 Å². The van der Waals surface area contributed by atoms with Crippen LogP contribution in [-0.2, 0) is 0 Å². The molecule has 124 valence electrons. The van der Waals surface area contributed by atoms with Crippen molar-refractivity contribution in [3.05, 3.63) is 53.6 Å². The van der Waals surface area contributed by atoms with Crippen LogP contribution in [0, 0.1) is 5.92 Å². The van der Waals surface area contributed by atoms with Crippen molar-refractivity contribution >= 4 is 0 Å². The molecule has 3 rings (SSSR count). The van der Waals surface area contributed by atoms with E-state index in [-0.39, 0.29) is 11.8 Å². The summed E-state index contributed by atoms with van der Waals surface area (Å²) in [6.45, 7) is 4.16. The van der Waals surface area contributed by atoms with Crippen LogP contribution >= 0.6 is 0 Å². The van der Waals surface area contributed by atoms with E-state index in [4.69, 9.17) is 0 Å². The van der Waals surface area contributed by atoms with E-state index in [1.807, 2.05) is 0 Å². The first-order chi connectivity index (χ1) is 11.1. The topological polar surface area (TPSA) is 43.7 Å². The summed E-state index contributed by atoms with van der Waals surface area (Å²) in [7, 11) is 0. The number of likely N-dealkylation sites (tertiary alicyclic amines) is 1. The minimum atomic E-state index is -0.513. The fraction of sp³-hybridized carbons (Fsp3) is 0.500. The number of allylic oxidation sites excluding steroid dienone is 4. The Labute approximate surface area is 138 Å². The summed E-state index contributed by atoms with van der Waals surface area (Å²) in [5.74, 6) is 0.920. The molecular formula is C20H27NO2. The molecule has 0 radical (unpaired) electrons. The van der Waals surface area contributed by atoms with E-state index in [1.165, 1.54) is 31.3 Å². The van der Waals surface area contributed by atoms with Crippen LogP contribution in [0.5, 0.6) is 5.75 Å². The molecule has 3 heteroatoms. The van der Waals surface area contributed by atoms with Gasteiger partial charge in [-0.3, -0.25) is 4.90 Å². The number of hydrogen-bond donors (Lipinski definition) is 2. The highest BCUT2D eigenvalue weighted by molar-refractivity contribution is 5.28. The van der Waals surface area contributed by atoms with Crippen LogP contribution in [-0.4, -0.2) is 34.2 Å². The van der Waals surface area contributed by atoms with Gasteiger partial charge in [0.25, 0.3) is 0 Å². The number of rotatable bonds is 4. The molecule has 1 aliphatic carbocycles. The lowest BCUT2D eigenvalue weighted by molar-refractivity contribution is 0.0407. The Morgan fingerprint density at radius 1 is 1.09 bits per heavy atom. The smallest absolute Gasteiger partial charge is 0.115 e. The quantitative estimate of drug-likeness (QED) is 0.888. The Morgan fingerprint density at radius 2 is 1.78 bits per heavy atom. The van der Waals surface area contributed by atoms with Gasteiger partial charge in [0, 0.05) is 6.04 Å². The molecule has 0 spiro atoms. The average molecular weight is 313 g/mol. The van der Waals surface area contributed by atoms with Gasteiger partial charge in [0.05, 0.1) is 6.10 Å². The van der Waals surface area contributed by atoms with Gasteiger partial charge in [-0.05, 0) is 74.9 Å². The third kappa shape index (κ3) is 3.85. The largest absolute Gasteiger partial charge is 0.508 e. The van der Waals surface area contributed by atoms with Crippen molar-refractivity contribution in [3.8, 4) is 5.75 Å². The van der Waals surface area contributed by atoms with Gasteiger partial charge in [-0.25, -0.2) is 0 Å². The lowest BCUT2D eigenvalue weighted by Gasteiger charge is -2.38. The highest BCUT2D eigenvalue weighted by atomic mass is 16.3. The summed E-state index contributed by atoms with van der Waals surface area (Å²) >= 11 is 0. The molecule has 0 saturated carbocycles. The fourth-order valence-corrected chi connectivity index (χ4v) is 3.73. The van der Waals surface area contributed by atoms with Crippen molar-refractivity contribution in [1.29, 1.82) is 0 Å². The van der Waals surface area contributed by atoms with Crippen LogP contribution in [0.3, 0.4) is 0 Å². The first kappa shape index (κ1) is 16.3. The van der Waals surface area contributed by atoms with E-state index in [9.17, 15) is 10.2 Å². The van der Waals surface area contributed by atoms with Gasteiger partial charge in [-0.2, -0.15) is 0 Å². The van der Waals surface area contributed by atoms with Crippen LogP contribution in [0.4, 0.5) is 0 Å². The average Bonchev–Trinajstić information content (AvgIpc) is 2.62. The van der Waals surface area contributed by atoms with E-state index in [2.05, 4.69) is 30.1 Å². The summed E-state index contributed by atoms with van der Waals surface area (Å²) in [5, 5.41) is 20.0. The summed E-state index contributed by atoms with van der Waals surface area (Å²) < 4.78 is 0. The van der Waals surface area contributed by atoms with Crippen molar-refractivity contribution in [3.63, 3.8) is 0 Å². The van der Waals surface area contributed by atoms with Gasteiger partial charge in [-0.15, -0.1) is 0 Å². The molecular weight excluding hydrogens is 286 g/mol. The Morgan fingerprint density at radius 3 is 2.39 bits per heavy atom. The monoisotopic (exact) mass is 313 g/mol. The predicted octanol–water partition coefficient (Wildman–Crippen LogP) is 3.80. The highest BCUT2D eigenvalue weighted by Crippen LogP contribution is 2.31. The van der Waals surface area contributed by atoms with E-state index in [1.54, 1.807) is 24.3 Å². The molecule has 1 heterocycles. The zero-order valence-electron chi connectivity index (χ0n) is 13.9. The Balaban J connectivity index is 1.57. The summed E-state index contributed by atoms with van der Waals surface area (Å²) in [5.41, 5.74) is 2.39. The molecule has 1 aromatic carbocycles. The number of aliphatic hydroxyl groups is 1. The van der Waals surface area contributed by atoms with Crippen LogP contribution in [0.2, 0.25) is 0 Å². The van der Waals surface area contributed by atoms with Crippen LogP contribution in [0.15, 0.2) is 48.1 Å². The Kier molecular flexibility index (Phi) is 5.19. The number of piperidine rings is 1. The number of nitrogens with zero attached hydrogens (tertiary/aromatic N) is 1. The zero-order valence-corrected chi connectivity index (χ0v) is 13.9. The predicted molar refractivity (Wildman–Crippen MR) is 93.3 cm³/mol. The number of aliphatic hydroxyl groups excluding tert-OH is 1. The minimum absolute atomic E-state index is 0.0939. The lowest BCUT2D eigenvalue weighted by Crippen LogP contribution is -2.43. The second-order valence-electron chi connectivity index (χ2n) is 6.77. The molecule has 1 aromatic rings. The minimum Gasteiger partial charge on any atom is -0.508 e. The molecule has 2 unspecified atom stereocenters. The molecule has 1 aliphatic heterocycles. The van der Waals surface area contributed by atoms with Crippen molar-refractivity contribution in [2.75, 3.05) is 13.1 Å². The molecule has 23 heavy (non-hydrogen) atoms. The van der Waals surface area contributed by atoms with Crippen molar-refractivity contribution < 1.29 is 10.2 Å². The maximum absolute atomic E-state index is 10.6. The number of benzene rings is 1. The molecule has 3 nitrogen and oxygen atoms in total. The van der Waals surface area contributed by atoms with Gasteiger partial charge < -0.3 is 10.2 Å². The zero-order chi connectivity index (χ0) is 16.2. The van der Waals surface area contributed by atoms with Gasteiger partial charge >= 0.3 is 0 Å². The standard InChI is InChI=1S/C20H27NO2/c1-15(20(23)18-7-9-19(22)10-8-18)21-13-11-17(12-14-21)16-5-3-2-4-6-16/h3,5-10,15,17,20,22-23H,2,4,11-14H2,1H3. The first-order valence-electron chi connectivity index (χ1n) is 8.73. The number of phenolic OH excluding ortho intramolecular Hbond substituents is 1. The number of phenols is 1. The summed E-state index contributed by atoms with van der Waals surface area (Å²) in [6, 6.07) is 6.98.